The standard InChI is InChI=1S/C27H28F6O/c1-2-3-4-5-6-7-9-18-12-14-19(15-13-18)26(30)21(10-8-11-23(26)28)20-16-17-22(34)24(25(20)29)27(31,32)33/h8,10-17,23,34H,2-7,9H2,1H3. The SMILES string of the molecule is CCCCCCCCc1ccc(C2(F)C(c3ccc(O)c(C(F)(F)F)c3F)=CC=CC2F)cc1. The lowest BCUT2D eigenvalue weighted by molar-refractivity contribution is -0.141. The highest BCUT2D eigenvalue weighted by atomic mass is 19.4. The molecule has 0 radical (unpaired) electrons. The van der Waals surface area contributed by atoms with Crippen LogP contribution in [-0.4, -0.2) is 11.3 Å². The first kappa shape index (κ1) is 25.9. The van der Waals surface area contributed by atoms with Gasteiger partial charge in [-0.2, -0.15) is 13.2 Å². The zero-order valence-corrected chi connectivity index (χ0v) is 18.9. The van der Waals surface area contributed by atoms with Gasteiger partial charge in [0.2, 0.25) is 0 Å². The molecule has 0 saturated carbocycles. The lowest BCUT2D eigenvalue weighted by Gasteiger charge is -2.33. The molecule has 1 N–H and O–H groups in total. The van der Waals surface area contributed by atoms with Crippen LogP contribution >= 0.6 is 0 Å². The Morgan fingerprint density at radius 2 is 1.59 bits per heavy atom. The van der Waals surface area contributed by atoms with Crippen LogP contribution in [0.25, 0.3) is 5.57 Å². The molecule has 3 rings (SSSR count). The third kappa shape index (κ3) is 5.34. The largest absolute Gasteiger partial charge is 0.507 e. The topological polar surface area (TPSA) is 20.2 Å². The van der Waals surface area contributed by atoms with Crippen molar-refractivity contribution in [3.63, 3.8) is 0 Å². The molecule has 34 heavy (non-hydrogen) atoms. The first-order chi connectivity index (χ1) is 16.1. The van der Waals surface area contributed by atoms with E-state index in [1.165, 1.54) is 31.4 Å². The van der Waals surface area contributed by atoms with Gasteiger partial charge in [-0.1, -0.05) is 75.4 Å². The van der Waals surface area contributed by atoms with Crippen LogP contribution in [0.5, 0.6) is 5.75 Å². The van der Waals surface area contributed by atoms with E-state index in [-0.39, 0.29) is 5.56 Å². The van der Waals surface area contributed by atoms with E-state index in [2.05, 4.69) is 6.92 Å². The average Bonchev–Trinajstić information content (AvgIpc) is 2.78. The molecular formula is C27H28F6O. The van der Waals surface area contributed by atoms with Gasteiger partial charge in [-0.05, 0) is 42.2 Å². The van der Waals surface area contributed by atoms with Gasteiger partial charge >= 0.3 is 6.18 Å². The fourth-order valence-corrected chi connectivity index (χ4v) is 4.32. The molecular weight excluding hydrogens is 454 g/mol. The van der Waals surface area contributed by atoms with Gasteiger partial charge in [0.25, 0.3) is 0 Å². The first-order valence-corrected chi connectivity index (χ1v) is 11.5. The quantitative estimate of drug-likeness (QED) is 0.280. The van der Waals surface area contributed by atoms with Crippen LogP contribution in [-0.2, 0) is 18.3 Å². The van der Waals surface area contributed by atoms with E-state index >= 15 is 4.39 Å². The summed E-state index contributed by atoms with van der Waals surface area (Å²) in [6.45, 7) is 2.15. The summed E-state index contributed by atoms with van der Waals surface area (Å²) in [5, 5.41) is 9.55. The van der Waals surface area contributed by atoms with Crippen molar-refractivity contribution < 1.29 is 31.4 Å². The Hall–Kier alpha value is -2.70. The predicted molar refractivity (Wildman–Crippen MR) is 121 cm³/mol. The van der Waals surface area contributed by atoms with E-state index in [0.717, 1.165) is 55.5 Å². The summed E-state index contributed by atoms with van der Waals surface area (Å²) in [6, 6.07) is 7.60. The number of alkyl halides is 5. The van der Waals surface area contributed by atoms with Gasteiger partial charge in [0.1, 0.15) is 17.1 Å². The molecule has 2 atom stereocenters. The zero-order valence-electron chi connectivity index (χ0n) is 18.9. The summed E-state index contributed by atoms with van der Waals surface area (Å²) in [5.41, 5.74) is -5.32. The summed E-state index contributed by atoms with van der Waals surface area (Å²) in [6.07, 6.45) is 3.20. The summed E-state index contributed by atoms with van der Waals surface area (Å²) in [4.78, 5) is 0. The van der Waals surface area contributed by atoms with Crippen LogP contribution in [0, 0.1) is 5.82 Å². The maximum Gasteiger partial charge on any atom is 0.422 e. The van der Waals surface area contributed by atoms with Crippen molar-refractivity contribution in [1.82, 2.24) is 0 Å². The van der Waals surface area contributed by atoms with Crippen molar-refractivity contribution in [2.24, 2.45) is 0 Å². The van der Waals surface area contributed by atoms with Gasteiger partial charge in [-0.25, -0.2) is 13.2 Å². The van der Waals surface area contributed by atoms with E-state index in [1.807, 2.05) is 0 Å². The van der Waals surface area contributed by atoms with Gasteiger partial charge < -0.3 is 5.11 Å². The fourth-order valence-electron chi connectivity index (χ4n) is 4.32. The highest BCUT2D eigenvalue weighted by Gasteiger charge is 2.48. The van der Waals surface area contributed by atoms with E-state index in [4.69, 9.17) is 0 Å². The molecule has 1 nitrogen and oxygen atoms in total. The van der Waals surface area contributed by atoms with Gasteiger partial charge in [-0.3, -0.25) is 0 Å². The molecule has 0 fully saturated rings. The van der Waals surface area contributed by atoms with Gasteiger partial charge in [0.15, 0.2) is 11.8 Å². The van der Waals surface area contributed by atoms with Crippen molar-refractivity contribution in [3.05, 3.63) is 82.7 Å². The smallest absolute Gasteiger partial charge is 0.422 e. The van der Waals surface area contributed by atoms with Crippen LogP contribution < -0.4 is 0 Å². The maximum atomic E-state index is 16.3. The molecule has 0 saturated heterocycles. The van der Waals surface area contributed by atoms with Crippen molar-refractivity contribution in [3.8, 4) is 5.75 Å². The van der Waals surface area contributed by atoms with E-state index in [9.17, 15) is 27.1 Å². The molecule has 0 aromatic heterocycles. The molecule has 2 unspecified atom stereocenters. The minimum absolute atomic E-state index is 0.122. The van der Waals surface area contributed by atoms with Crippen LogP contribution in [0.3, 0.4) is 0 Å². The van der Waals surface area contributed by atoms with Crippen molar-refractivity contribution in [2.75, 3.05) is 0 Å². The number of rotatable bonds is 9. The molecule has 0 bridgehead atoms. The fraction of sp³-hybridized carbons (Fsp3) is 0.407. The number of benzene rings is 2. The summed E-state index contributed by atoms with van der Waals surface area (Å²) < 4.78 is 86.0. The highest BCUT2D eigenvalue weighted by molar-refractivity contribution is 5.79. The Labute approximate surface area is 195 Å². The zero-order chi connectivity index (χ0) is 24.9. The molecule has 2 aromatic carbocycles. The molecule has 0 amide bonds. The molecule has 1 aliphatic carbocycles. The minimum Gasteiger partial charge on any atom is -0.507 e. The number of phenols is 1. The second kappa shape index (κ2) is 10.7. The van der Waals surface area contributed by atoms with Crippen LogP contribution in [0.15, 0.2) is 54.6 Å². The molecule has 0 aliphatic heterocycles. The number of allylic oxidation sites excluding steroid dienone is 4. The molecule has 184 valence electrons. The van der Waals surface area contributed by atoms with Crippen molar-refractivity contribution in [1.29, 1.82) is 0 Å². The number of aromatic hydroxyl groups is 1. The van der Waals surface area contributed by atoms with Crippen LogP contribution in [0.2, 0.25) is 0 Å². The second-order valence-electron chi connectivity index (χ2n) is 8.61. The van der Waals surface area contributed by atoms with Gasteiger partial charge in [0.05, 0.1) is 0 Å². The Morgan fingerprint density at radius 3 is 2.24 bits per heavy atom. The van der Waals surface area contributed by atoms with Crippen LogP contribution in [0.1, 0.15) is 67.7 Å². The predicted octanol–water partition coefficient (Wildman–Crippen LogP) is 8.61. The Balaban J connectivity index is 1.89. The second-order valence-corrected chi connectivity index (χ2v) is 8.61. The Bertz CT molecular complexity index is 1040. The first-order valence-electron chi connectivity index (χ1n) is 11.5. The number of halogens is 6. The number of unbranched alkanes of at least 4 members (excludes halogenated alkanes) is 5. The average molecular weight is 483 g/mol. The summed E-state index contributed by atoms with van der Waals surface area (Å²) >= 11 is 0. The maximum absolute atomic E-state index is 16.3. The molecule has 0 heterocycles. The van der Waals surface area contributed by atoms with Crippen molar-refractivity contribution >= 4 is 5.57 Å². The van der Waals surface area contributed by atoms with E-state index < -0.39 is 46.3 Å². The monoisotopic (exact) mass is 482 g/mol. The normalized spacial score (nSPS) is 20.4. The minimum atomic E-state index is -5.21. The molecule has 7 heteroatoms. The highest BCUT2D eigenvalue weighted by Crippen LogP contribution is 2.49. The summed E-state index contributed by atoms with van der Waals surface area (Å²) in [5.74, 6) is -3.16. The molecule has 1 aliphatic rings. The third-order valence-corrected chi connectivity index (χ3v) is 6.20. The van der Waals surface area contributed by atoms with Gasteiger partial charge in [-0.15, -0.1) is 0 Å². The van der Waals surface area contributed by atoms with E-state index in [0.29, 0.717) is 6.07 Å². The Morgan fingerprint density at radius 1 is 0.941 bits per heavy atom. The van der Waals surface area contributed by atoms with E-state index in [1.54, 1.807) is 12.1 Å². The molecule has 2 aromatic rings. The van der Waals surface area contributed by atoms with Gasteiger partial charge in [0, 0.05) is 11.1 Å². The third-order valence-electron chi connectivity index (χ3n) is 6.20. The number of hydrogen-bond acceptors (Lipinski definition) is 1. The number of phenolic OH excluding ortho intramolecular Hbond substituents is 1. The van der Waals surface area contributed by atoms with Crippen molar-refractivity contribution in [2.45, 2.75) is 69.9 Å². The van der Waals surface area contributed by atoms with Crippen LogP contribution in [0.4, 0.5) is 26.3 Å². The number of aryl methyl sites for hydroxylation is 1. The molecule has 0 spiro atoms. The lowest BCUT2D eigenvalue weighted by atomic mass is 9.77. The number of hydrogen-bond donors (Lipinski definition) is 1. The summed E-state index contributed by atoms with van der Waals surface area (Å²) in [7, 11) is 0. The Kier molecular flexibility index (Phi) is 8.16. The lowest BCUT2D eigenvalue weighted by Crippen LogP contribution is -2.34.